The topological polar surface area (TPSA) is 69.7 Å². The van der Waals surface area contributed by atoms with Crippen LogP contribution in [0.5, 0.6) is 0 Å². The molecule has 2 fully saturated rings. The van der Waals surface area contributed by atoms with Crippen molar-refractivity contribution in [2.75, 3.05) is 18.0 Å². The van der Waals surface area contributed by atoms with Crippen LogP contribution >= 0.6 is 0 Å². The monoisotopic (exact) mass is 299 g/mol. The molecule has 6 heteroatoms. The van der Waals surface area contributed by atoms with Gasteiger partial charge >= 0.3 is 6.03 Å². The van der Waals surface area contributed by atoms with Gasteiger partial charge in [-0.15, -0.1) is 0 Å². The minimum absolute atomic E-state index is 0.00496. The molecule has 0 aliphatic carbocycles. The van der Waals surface area contributed by atoms with Gasteiger partial charge in [-0.25, -0.2) is 9.69 Å². The highest BCUT2D eigenvalue weighted by Gasteiger charge is 2.37. The van der Waals surface area contributed by atoms with Crippen LogP contribution in [0, 0.1) is 0 Å². The molecule has 0 aromatic heterocycles. The fourth-order valence-corrected chi connectivity index (χ4v) is 2.69. The Kier molecular flexibility index (Phi) is 3.91. The molecule has 4 amide bonds. The second-order valence-electron chi connectivity index (χ2n) is 5.37. The number of anilines is 1. The number of nitrogens with zero attached hydrogens (tertiary/aromatic N) is 2. The van der Waals surface area contributed by atoms with Gasteiger partial charge in [0.1, 0.15) is 5.57 Å². The third-order valence-corrected chi connectivity index (χ3v) is 3.82. The van der Waals surface area contributed by atoms with Gasteiger partial charge in [0, 0.05) is 19.3 Å². The maximum atomic E-state index is 12.6. The number of imide groups is 2. The van der Waals surface area contributed by atoms with Crippen molar-refractivity contribution in [1.29, 1.82) is 0 Å². The third kappa shape index (κ3) is 2.72. The van der Waals surface area contributed by atoms with Crippen molar-refractivity contribution in [3.8, 4) is 0 Å². The molecular weight excluding hydrogens is 282 g/mol. The Labute approximate surface area is 128 Å². The number of carbonyl (C=O) groups excluding carboxylic acids is 3. The summed E-state index contributed by atoms with van der Waals surface area (Å²) in [5.74, 6) is -1.21. The zero-order valence-corrected chi connectivity index (χ0v) is 12.1. The van der Waals surface area contributed by atoms with Crippen LogP contribution in [0.25, 0.3) is 0 Å². The fraction of sp³-hybridized carbons (Fsp3) is 0.312. The van der Waals surface area contributed by atoms with Crippen LogP contribution in [-0.4, -0.2) is 35.8 Å². The van der Waals surface area contributed by atoms with Gasteiger partial charge in [0.25, 0.3) is 11.8 Å². The number of benzene rings is 1. The summed E-state index contributed by atoms with van der Waals surface area (Å²) in [4.78, 5) is 39.5. The molecular formula is C16H17N3O3. The Morgan fingerprint density at radius 3 is 2.32 bits per heavy atom. The molecule has 0 spiro atoms. The summed E-state index contributed by atoms with van der Waals surface area (Å²) in [6.07, 6.45) is 4.83. The molecule has 1 N–H and O–H groups in total. The lowest BCUT2D eigenvalue weighted by Crippen LogP contribution is -2.54. The maximum absolute atomic E-state index is 12.6. The molecule has 2 aliphatic heterocycles. The second-order valence-corrected chi connectivity index (χ2v) is 5.37. The van der Waals surface area contributed by atoms with E-state index < -0.39 is 17.8 Å². The molecule has 1 aromatic carbocycles. The molecule has 0 bridgehead atoms. The largest absolute Gasteiger partial charge is 0.377 e. The van der Waals surface area contributed by atoms with E-state index in [1.807, 2.05) is 4.90 Å². The molecule has 0 atom stereocenters. The van der Waals surface area contributed by atoms with Crippen LogP contribution in [0.3, 0.4) is 0 Å². The number of hydrogen-bond donors (Lipinski definition) is 1. The van der Waals surface area contributed by atoms with E-state index in [1.54, 1.807) is 36.5 Å². The minimum atomic E-state index is -0.711. The molecule has 0 unspecified atom stereocenters. The van der Waals surface area contributed by atoms with Crippen LogP contribution in [0.1, 0.15) is 19.3 Å². The number of nitrogens with one attached hydrogen (secondary N) is 1. The number of hydrogen-bond acceptors (Lipinski definition) is 4. The summed E-state index contributed by atoms with van der Waals surface area (Å²) < 4.78 is 0. The molecule has 22 heavy (non-hydrogen) atoms. The predicted octanol–water partition coefficient (Wildman–Crippen LogP) is 1.64. The lowest BCUT2D eigenvalue weighted by molar-refractivity contribution is -0.122. The number of amides is 4. The van der Waals surface area contributed by atoms with Gasteiger partial charge in [-0.2, -0.15) is 0 Å². The van der Waals surface area contributed by atoms with Crippen molar-refractivity contribution >= 4 is 23.5 Å². The van der Waals surface area contributed by atoms with Gasteiger partial charge < -0.3 is 4.90 Å². The Morgan fingerprint density at radius 2 is 1.64 bits per heavy atom. The van der Waals surface area contributed by atoms with E-state index >= 15 is 0 Å². The van der Waals surface area contributed by atoms with Crippen LogP contribution in [-0.2, 0) is 9.59 Å². The quantitative estimate of drug-likeness (QED) is 0.666. The van der Waals surface area contributed by atoms with E-state index in [-0.39, 0.29) is 5.57 Å². The Balaban J connectivity index is 1.90. The highest BCUT2D eigenvalue weighted by molar-refractivity contribution is 6.37. The average molecular weight is 299 g/mol. The van der Waals surface area contributed by atoms with Crippen LogP contribution in [0.2, 0.25) is 0 Å². The number of carbonyl (C=O) groups is 3. The molecule has 0 radical (unpaired) electrons. The first-order valence-corrected chi connectivity index (χ1v) is 7.37. The van der Waals surface area contributed by atoms with E-state index in [0.29, 0.717) is 5.69 Å². The van der Waals surface area contributed by atoms with Gasteiger partial charge in [-0.1, -0.05) is 18.2 Å². The van der Waals surface area contributed by atoms with E-state index in [0.717, 1.165) is 37.3 Å². The molecule has 6 nitrogen and oxygen atoms in total. The molecule has 2 saturated heterocycles. The standard InChI is InChI=1S/C16H17N3O3/c20-14-13(11-18-9-5-2-6-10-18)15(21)19(16(22)17-14)12-7-3-1-4-8-12/h1,3-4,7-8,11H,2,5-6,9-10H2,(H,17,20,22)/b13-11-. The molecule has 0 saturated carbocycles. The normalized spacial score (nSPS) is 21.3. The van der Waals surface area contributed by atoms with Gasteiger partial charge in [0.15, 0.2) is 0 Å². The van der Waals surface area contributed by atoms with Gasteiger partial charge in [-0.3, -0.25) is 14.9 Å². The minimum Gasteiger partial charge on any atom is -0.377 e. The van der Waals surface area contributed by atoms with Crippen molar-refractivity contribution < 1.29 is 14.4 Å². The maximum Gasteiger partial charge on any atom is 0.335 e. The first-order valence-electron chi connectivity index (χ1n) is 7.37. The summed E-state index contributed by atoms with van der Waals surface area (Å²) in [7, 11) is 0. The fourth-order valence-electron chi connectivity index (χ4n) is 2.69. The van der Waals surface area contributed by atoms with Crippen molar-refractivity contribution in [2.45, 2.75) is 19.3 Å². The predicted molar refractivity (Wildman–Crippen MR) is 81.0 cm³/mol. The lowest BCUT2D eigenvalue weighted by Gasteiger charge is -2.29. The summed E-state index contributed by atoms with van der Waals surface area (Å²) in [5.41, 5.74) is 0.451. The van der Waals surface area contributed by atoms with Gasteiger partial charge in [-0.05, 0) is 31.4 Å². The molecule has 1 aromatic rings. The van der Waals surface area contributed by atoms with Crippen molar-refractivity contribution in [1.82, 2.24) is 10.2 Å². The zero-order valence-electron chi connectivity index (χ0n) is 12.1. The second kappa shape index (κ2) is 6.01. The summed E-state index contributed by atoms with van der Waals surface area (Å²) in [6.45, 7) is 1.65. The Hall–Kier alpha value is -2.63. The van der Waals surface area contributed by atoms with Crippen molar-refractivity contribution in [2.24, 2.45) is 0 Å². The van der Waals surface area contributed by atoms with E-state index in [2.05, 4.69) is 5.32 Å². The van der Waals surface area contributed by atoms with Crippen molar-refractivity contribution in [3.05, 3.63) is 42.1 Å². The Morgan fingerprint density at radius 1 is 0.955 bits per heavy atom. The first kappa shape index (κ1) is 14.3. The molecule has 2 heterocycles. The van der Waals surface area contributed by atoms with Gasteiger partial charge in [0.2, 0.25) is 0 Å². The molecule has 2 aliphatic rings. The summed E-state index contributed by atoms with van der Waals surface area (Å²) in [5, 5.41) is 2.23. The first-order chi connectivity index (χ1) is 10.7. The molecule has 3 rings (SSSR count). The SMILES string of the molecule is O=C1NC(=O)N(c2ccccc2)C(=O)/C1=C\N1CCCCC1. The number of barbiturate groups is 1. The number of para-hydroxylation sites is 1. The van der Waals surface area contributed by atoms with Crippen LogP contribution in [0.4, 0.5) is 10.5 Å². The highest BCUT2D eigenvalue weighted by Crippen LogP contribution is 2.21. The Bertz CT molecular complexity index is 633. The van der Waals surface area contributed by atoms with E-state index in [1.165, 1.54) is 0 Å². The summed E-state index contributed by atoms with van der Waals surface area (Å²) >= 11 is 0. The summed E-state index contributed by atoms with van der Waals surface area (Å²) in [6, 6.07) is 7.88. The third-order valence-electron chi connectivity index (χ3n) is 3.82. The van der Waals surface area contributed by atoms with Gasteiger partial charge in [0.05, 0.1) is 5.69 Å². The van der Waals surface area contributed by atoms with E-state index in [4.69, 9.17) is 0 Å². The average Bonchev–Trinajstić information content (AvgIpc) is 2.53. The van der Waals surface area contributed by atoms with Crippen LogP contribution in [0.15, 0.2) is 42.1 Å². The zero-order chi connectivity index (χ0) is 15.5. The van der Waals surface area contributed by atoms with Crippen molar-refractivity contribution in [3.63, 3.8) is 0 Å². The number of piperidine rings is 1. The number of urea groups is 1. The van der Waals surface area contributed by atoms with Crippen LogP contribution < -0.4 is 10.2 Å². The lowest BCUT2D eigenvalue weighted by atomic mass is 10.1. The molecule has 114 valence electrons. The number of rotatable bonds is 2. The highest BCUT2D eigenvalue weighted by atomic mass is 16.2. The van der Waals surface area contributed by atoms with E-state index in [9.17, 15) is 14.4 Å². The number of likely N-dealkylation sites (tertiary alicyclic amines) is 1. The smallest absolute Gasteiger partial charge is 0.335 e.